The molecule has 0 unspecified atom stereocenters. The summed E-state index contributed by atoms with van der Waals surface area (Å²) in [6, 6.07) is 64.9. The number of aromatic nitrogens is 4. The average Bonchev–Trinajstić information content (AvgIpc) is 3.91. The summed E-state index contributed by atoms with van der Waals surface area (Å²) in [7, 11) is 0. The second-order valence-corrected chi connectivity index (χ2v) is 15.0. The maximum absolute atomic E-state index is 6.66. The van der Waals surface area contributed by atoms with E-state index in [9.17, 15) is 0 Å². The summed E-state index contributed by atoms with van der Waals surface area (Å²) >= 11 is 0. The molecule has 4 heterocycles. The zero-order chi connectivity index (χ0) is 37.2. The van der Waals surface area contributed by atoms with Gasteiger partial charge in [-0.15, -0.1) is 0 Å². The molecular weight excluding hydrogens is 697 g/mol. The van der Waals surface area contributed by atoms with E-state index in [0.29, 0.717) is 0 Å². The molecule has 0 radical (unpaired) electrons. The van der Waals surface area contributed by atoms with E-state index in [4.69, 9.17) is 14.4 Å². The van der Waals surface area contributed by atoms with Gasteiger partial charge in [0.25, 0.3) is 0 Å². The van der Waals surface area contributed by atoms with Gasteiger partial charge in [-0.3, -0.25) is 4.57 Å². The topological polar surface area (TPSA) is 48.8 Å². The van der Waals surface area contributed by atoms with Crippen LogP contribution in [0.25, 0.3) is 121 Å². The number of hydrogen-bond donors (Lipinski definition) is 0. The molecule has 4 aromatic heterocycles. The van der Waals surface area contributed by atoms with Crippen molar-refractivity contribution in [1.82, 2.24) is 19.1 Å². The zero-order valence-corrected chi connectivity index (χ0v) is 30.5. The van der Waals surface area contributed by atoms with E-state index in [1.54, 1.807) is 0 Å². The second-order valence-electron chi connectivity index (χ2n) is 15.0. The number of furan rings is 1. The first-order valence-electron chi connectivity index (χ1n) is 19.3. The number of nitrogens with zero attached hydrogens (tertiary/aromatic N) is 4. The Morgan fingerprint density at radius 2 is 0.930 bits per heavy atom. The van der Waals surface area contributed by atoms with E-state index in [-0.39, 0.29) is 0 Å². The van der Waals surface area contributed by atoms with Crippen LogP contribution in [-0.4, -0.2) is 19.1 Å². The molecule has 0 spiro atoms. The molecule has 0 aliphatic rings. The molecule has 13 aromatic rings. The Balaban J connectivity index is 1.18. The number of rotatable bonds is 3. The fourth-order valence-corrected chi connectivity index (χ4v) is 9.25. The van der Waals surface area contributed by atoms with Gasteiger partial charge in [-0.2, -0.15) is 0 Å². The Morgan fingerprint density at radius 3 is 1.68 bits per heavy atom. The summed E-state index contributed by atoms with van der Waals surface area (Å²) in [5, 5.41) is 11.7. The first-order valence-corrected chi connectivity index (χ1v) is 19.3. The van der Waals surface area contributed by atoms with E-state index in [0.717, 1.165) is 77.5 Å². The summed E-state index contributed by atoms with van der Waals surface area (Å²) in [6.45, 7) is 0. The van der Waals surface area contributed by atoms with Gasteiger partial charge in [0, 0.05) is 43.6 Å². The normalized spacial score (nSPS) is 12.2. The van der Waals surface area contributed by atoms with Gasteiger partial charge in [0.1, 0.15) is 16.9 Å². The molecule has 0 amide bonds. The van der Waals surface area contributed by atoms with Crippen LogP contribution < -0.4 is 0 Å². The first kappa shape index (κ1) is 30.6. The molecule has 5 nitrogen and oxygen atoms in total. The van der Waals surface area contributed by atoms with Crippen molar-refractivity contribution in [2.75, 3.05) is 0 Å². The minimum atomic E-state index is 0.752. The molecule has 5 heteroatoms. The molecule has 0 saturated heterocycles. The molecule has 0 N–H and O–H groups in total. The molecule has 9 aromatic carbocycles. The monoisotopic (exact) mass is 726 g/mol. The van der Waals surface area contributed by atoms with Crippen molar-refractivity contribution in [3.05, 3.63) is 182 Å². The number of benzene rings is 9. The molecule has 0 bridgehead atoms. The third-order valence-corrected chi connectivity index (χ3v) is 11.8. The van der Waals surface area contributed by atoms with Crippen LogP contribution in [-0.2, 0) is 0 Å². The van der Waals surface area contributed by atoms with Crippen LogP contribution >= 0.6 is 0 Å². The zero-order valence-electron chi connectivity index (χ0n) is 30.5. The van der Waals surface area contributed by atoms with Gasteiger partial charge in [0.05, 0.1) is 33.1 Å². The van der Waals surface area contributed by atoms with E-state index < -0.39 is 0 Å². The number of fused-ring (bicyclic) bond motifs is 12. The molecule has 0 aliphatic carbocycles. The van der Waals surface area contributed by atoms with Crippen LogP contribution in [0, 0.1) is 0 Å². The highest BCUT2D eigenvalue weighted by Gasteiger charge is 2.24. The second kappa shape index (κ2) is 11.4. The Hall–Kier alpha value is -7.76. The van der Waals surface area contributed by atoms with Gasteiger partial charge in [0.2, 0.25) is 0 Å². The summed E-state index contributed by atoms with van der Waals surface area (Å²) in [4.78, 5) is 10.9. The maximum atomic E-state index is 6.66. The Morgan fingerprint density at radius 1 is 0.368 bits per heavy atom. The lowest BCUT2D eigenvalue weighted by molar-refractivity contribution is 0.669. The lowest BCUT2D eigenvalue weighted by Crippen LogP contribution is -2.04. The van der Waals surface area contributed by atoms with E-state index in [1.807, 2.05) is 30.3 Å². The van der Waals surface area contributed by atoms with E-state index in [2.05, 4.69) is 161 Å². The van der Waals surface area contributed by atoms with Crippen LogP contribution in [0.4, 0.5) is 0 Å². The van der Waals surface area contributed by atoms with Crippen LogP contribution in [0.15, 0.2) is 186 Å². The van der Waals surface area contributed by atoms with Gasteiger partial charge < -0.3 is 8.98 Å². The van der Waals surface area contributed by atoms with Gasteiger partial charge in [-0.05, 0) is 88.3 Å². The van der Waals surface area contributed by atoms with Crippen molar-refractivity contribution in [3.63, 3.8) is 0 Å². The highest BCUT2D eigenvalue weighted by atomic mass is 16.3. The highest BCUT2D eigenvalue weighted by molar-refractivity contribution is 6.17. The Kier molecular flexibility index (Phi) is 6.10. The van der Waals surface area contributed by atoms with Gasteiger partial charge in [-0.25, -0.2) is 9.97 Å². The molecule has 0 aliphatic heterocycles. The third kappa shape index (κ3) is 4.34. The van der Waals surface area contributed by atoms with Crippen LogP contribution in [0.2, 0.25) is 0 Å². The maximum Gasteiger partial charge on any atom is 0.165 e. The van der Waals surface area contributed by atoms with Crippen molar-refractivity contribution < 1.29 is 4.42 Å². The summed E-state index contributed by atoms with van der Waals surface area (Å²) in [5.74, 6) is 0.752. The average molecular weight is 727 g/mol. The first-order chi connectivity index (χ1) is 28.2. The van der Waals surface area contributed by atoms with E-state index >= 15 is 0 Å². The minimum absolute atomic E-state index is 0.752. The number of para-hydroxylation sites is 5. The smallest absolute Gasteiger partial charge is 0.165 e. The standard InChI is InChI=1S/C52H30N4O/c1-3-14-33-28-46-41(26-31(33)12-1)36-16-5-9-22-45(36)55(46)35-24-25-37-42-27-32-13-2-4-15-34(32)29-47(42)56(48(37)30-35)52-50(53-43-20-7-8-21-44(43)54-52)40-19-11-18-39-38-17-6-10-23-49(38)57-51(39)40/h1-30H. The highest BCUT2D eigenvalue weighted by Crippen LogP contribution is 2.42. The predicted octanol–water partition coefficient (Wildman–Crippen LogP) is 13.7. The molecule has 0 saturated carbocycles. The quantitative estimate of drug-likeness (QED) is 0.182. The van der Waals surface area contributed by atoms with Crippen molar-refractivity contribution in [3.8, 4) is 22.8 Å². The lowest BCUT2D eigenvalue weighted by atomic mass is 10.1. The molecule has 0 fully saturated rings. The fourth-order valence-electron chi connectivity index (χ4n) is 9.25. The molecule has 264 valence electrons. The van der Waals surface area contributed by atoms with Crippen molar-refractivity contribution in [2.45, 2.75) is 0 Å². The van der Waals surface area contributed by atoms with Crippen LogP contribution in [0.5, 0.6) is 0 Å². The van der Waals surface area contributed by atoms with Crippen LogP contribution in [0.3, 0.4) is 0 Å². The largest absolute Gasteiger partial charge is 0.455 e. The minimum Gasteiger partial charge on any atom is -0.455 e. The predicted molar refractivity (Wildman–Crippen MR) is 236 cm³/mol. The Bertz CT molecular complexity index is 3830. The van der Waals surface area contributed by atoms with Crippen molar-refractivity contribution >= 4 is 98.1 Å². The van der Waals surface area contributed by atoms with Gasteiger partial charge in [0.15, 0.2) is 5.82 Å². The van der Waals surface area contributed by atoms with Crippen molar-refractivity contribution in [2.24, 2.45) is 0 Å². The van der Waals surface area contributed by atoms with Crippen LogP contribution in [0.1, 0.15) is 0 Å². The molecule has 0 atom stereocenters. The van der Waals surface area contributed by atoms with Gasteiger partial charge >= 0.3 is 0 Å². The molecular formula is C52H30N4O. The van der Waals surface area contributed by atoms with Crippen molar-refractivity contribution in [1.29, 1.82) is 0 Å². The molecule has 57 heavy (non-hydrogen) atoms. The summed E-state index contributed by atoms with van der Waals surface area (Å²) < 4.78 is 11.4. The van der Waals surface area contributed by atoms with Gasteiger partial charge in [-0.1, -0.05) is 115 Å². The fraction of sp³-hybridized carbons (Fsp3) is 0. The molecule has 13 rings (SSSR count). The summed E-state index contributed by atoms with van der Waals surface area (Å²) in [5.41, 5.74) is 10.5. The number of hydrogen-bond acceptors (Lipinski definition) is 3. The summed E-state index contributed by atoms with van der Waals surface area (Å²) in [6.07, 6.45) is 0. The van der Waals surface area contributed by atoms with E-state index in [1.165, 1.54) is 43.4 Å². The SMILES string of the molecule is c1ccc2cc3c(cc2c1)c1ccccc1n3-c1ccc2c3cc4ccccc4cc3n(-c3nc4ccccc4nc3-c3cccc4c3oc3ccccc34)c2c1. The third-order valence-electron chi connectivity index (χ3n) is 11.8. The Labute approximate surface area is 325 Å². The lowest BCUT2D eigenvalue weighted by Gasteiger charge is -2.15.